The molecule has 1 aromatic carbocycles. The van der Waals surface area contributed by atoms with E-state index in [1.165, 1.54) is 6.07 Å². The molecule has 0 aliphatic rings. The maximum absolute atomic E-state index is 11.3. The first kappa shape index (κ1) is 11.7. The SMILES string of the molecule is CCOc1ccc(-c2cc(Cl)[nH]c(=O)c2)cc1. The largest absolute Gasteiger partial charge is 0.494 e. The predicted molar refractivity (Wildman–Crippen MR) is 68.7 cm³/mol. The summed E-state index contributed by atoms with van der Waals surface area (Å²) in [6.45, 7) is 2.57. The van der Waals surface area contributed by atoms with Crippen LogP contribution in [0.15, 0.2) is 41.2 Å². The summed E-state index contributed by atoms with van der Waals surface area (Å²) in [4.78, 5) is 13.8. The molecule has 0 amide bonds. The van der Waals surface area contributed by atoms with Gasteiger partial charge in [0.15, 0.2) is 0 Å². The monoisotopic (exact) mass is 249 g/mol. The van der Waals surface area contributed by atoms with E-state index in [0.29, 0.717) is 11.8 Å². The third kappa shape index (κ3) is 2.88. The molecular formula is C13H12ClNO2. The standard InChI is InChI=1S/C13H12ClNO2/c1-2-17-11-5-3-9(4-6-11)10-7-12(14)15-13(16)8-10/h3-8H,2H2,1H3,(H,15,16). The van der Waals surface area contributed by atoms with Crippen molar-refractivity contribution in [3.05, 3.63) is 51.9 Å². The Morgan fingerprint density at radius 3 is 2.47 bits per heavy atom. The number of aromatic amines is 1. The van der Waals surface area contributed by atoms with Gasteiger partial charge < -0.3 is 9.72 Å². The van der Waals surface area contributed by atoms with E-state index in [1.807, 2.05) is 31.2 Å². The second-order valence-electron chi connectivity index (χ2n) is 3.54. The number of benzene rings is 1. The summed E-state index contributed by atoms with van der Waals surface area (Å²) in [6.07, 6.45) is 0. The number of ether oxygens (including phenoxy) is 1. The molecule has 0 saturated carbocycles. The van der Waals surface area contributed by atoms with Gasteiger partial charge in [-0.05, 0) is 36.2 Å². The lowest BCUT2D eigenvalue weighted by molar-refractivity contribution is 0.340. The number of pyridine rings is 1. The number of rotatable bonds is 3. The van der Waals surface area contributed by atoms with Crippen LogP contribution in [-0.4, -0.2) is 11.6 Å². The van der Waals surface area contributed by atoms with Gasteiger partial charge in [-0.1, -0.05) is 23.7 Å². The van der Waals surface area contributed by atoms with Crippen molar-refractivity contribution in [3.8, 4) is 16.9 Å². The van der Waals surface area contributed by atoms with Gasteiger partial charge in [0, 0.05) is 6.07 Å². The zero-order valence-electron chi connectivity index (χ0n) is 9.37. The molecule has 0 saturated heterocycles. The fourth-order valence-electron chi connectivity index (χ4n) is 1.59. The summed E-state index contributed by atoms with van der Waals surface area (Å²) in [7, 11) is 0. The fraction of sp³-hybridized carbons (Fsp3) is 0.154. The first-order chi connectivity index (χ1) is 8.19. The van der Waals surface area contributed by atoms with E-state index in [4.69, 9.17) is 16.3 Å². The molecule has 17 heavy (non-hydrogen) atoms. The fourth-order valence-corrected chi connectivity index (χ4v) is 1.80. The molecule has 0 spiro atoms. The average Bonchev–Trinajstić information content (AvgIpc) is 2.29. The normalized spacial score (nSPS) is 10.2. The Morgan fingerprint density at radius 1 is 1.18 bits per heavy atom. The van der Waals surface area contributed by atoms with Crippen molar-refractivity contribution in [2.45, 2.75) is 6.92 Å². The summed E-state index contributed by atoms with van der Waals surface area (Å²) in [5.41, 5.74) is 1.52. The highest BCUT2D eigenvalue weighted by molar-refractivity contribution is 6.29. The van der Waals surface area contributed by atoms with E-state index in [9.17, 15) is 4.79 Å². The van der Waals surface area contributed by atoms with Gasteiger partial charge in [0.2, 0.25) is 5.56 Å². The van der Waals surface area contributed by atoms with Crippen molar-refractivity contribution >= 4 is 11.6 Å². The van der Waals surface area contributed by atoms with Crippen LogP contribution < -0.4 is 10.3 Å². The van der Waals surface area contributed by atoms with Crippen molar-refractivity contribution in [1.82, 2.24) is 4.98 Å². The van der Waals surface area contributed by atoms with Crippen molar-refractivity contribution in [2.24, 2.45) is 0 Å². The van der Waals surface area contributed by atoms with Crippen LogP contribution in [0.4, 0.5) is 0 Å². The van der Waals surface area contributed by atoms with Gasteiger partial charge >= 0.3 is 0 Å². The maximum Gasteiger partial charge on any atom is 0.249 e. The Morgan fingerprint density at radius 2 is 1.88 bits per heavy atom. The summed E-state index contributed by atoms with van der Waals surface area (Å²) < 4.78 is 5.35. The Kier molecular flexibility index (Phi) is 3.49. The number of H-pyrrole nitrogens is 1. The van der Waals surface area contributed by atoms with Crippen LogP contribution in [-0.2, 0) is 0 Å². The van der Waals surface area contributed by atoms with Crippen molar-refractivity contribution in [1.29, 1.82) is 0 Å². The van der Waals surface area contributed by atoms with Crippen molar-refractivity contribution in [2.75, 3.05) is 6.61 Å². The van der Waals surface area contributed by atoms with Gasteiger partial charge in [-0.15, -0.1) is 0 Å². The smallest absolute Gasteiger partial charge is 0.249 e. The lowest BCUT2D eigenvalue weighted by Gasteiger charge is -2.05. The summed E-state index contributed by atoms with van der Waals surface area (Å²) in [6, 6.07) is 10.8. The number of hydrogen-bond donors (Lipinski definition) is 1. The lowest BCUT2D eigenvalue weighted by Crippen LogP contribution is -2.03. The number of nitrogens with one attached hydrogen (secondary N) is 1. The predicted octanol–water partition coefficient (Wildman–Crippen LogP) is 3.09. The minimum atomic E-state index is -0.207. The summed E-state index contributed by atoms with van der Waals surface area (Å²) >= 11 is 5.80. The molecule has 0 radical (unpaired) electrons. The molecule has 88 valence electrons. The topological polar surface area (TPSA) is 42.1 Å². The van der Waals surface area contributed by atoms with Crippen LogP contribution in [0.2, 0.25) is 5.15 Å². The van der Waals surface area contributed by atoms with Crippen LogP contribution in [0, 0.1) is 0 Å². The minimum absolute atomic E-state index is 0.207. The average molecular weight is 250 g/mol. The van der Waals surface area contributed by atoms with Gasteiger partial charge in [0.25, 0.3) is 0 Å². The number of halogens is 1. The second kappa shape index (κ2) is 5.06. The molecule has 4 heteroatoms. The van der Waals surface area contributed by atoms with Gasteiger partial charge in [-0.3, -0.25) is 4.79 Å². The van der Waals surface area contributed by atoms with Crippen LogP contribution in [0.3, 0.4) is 0 Å². The Balaban J connectivity index is 2.36. The summed E-state index contributed by atoms with van der Waals surface area (Å²) in [5.74, 6) is 0.812. The molecule has 3 nitrogen and oxygen atoms in total. The molecule has 1 N–H and O–H groups in total. The Labute approximate surface area is 104 Å². The van der Waals surface area contributed by atoms with Gasteiger partial charge in [0.05, 0.1) is 6.61 Å². The maximum atomic E-state index is 11.3. The number of aromatic nitrogens is 1. The van der Waals surface area contributed by atoms with E-state index in [2.05, 4.69) is 4.98 Å². The van der Waals surface area contributed by atoms with E-state index in [-0.39, 0.29) is 5.56 Å². The molecule has 0 bridgehead atoms. The van der Waals surface area contributed by atoms with Crippen molar-refractivity contribution < 1.29 is 4.74 Å². The van der Waals surface area contributed by atoms with E-state index >= 15 is 0 Å². The zero-order chi connectivity index (χ0) is 12.3. The first-order valence-corrected chi connectivity index (χ1v) is 5.70. The van der Waals surface area contributed by atoms with E-state index in [0.717, 1.165) is 16.9 Å². The molecule has 0 aliphatic heterocycles. The highest BCUT2D eigenvalue weighted by Crippen LogP contribution is 2.22. The minimum Gasteiger partial charge on any atom is -0.494 e. The molecule has 2 aromatic rings. The molecular weight excluding hydrogens is 238 g/mol. The van der Waals surface area contributed by atoms with Gasteiger partial charge in [-0.25, -0.2) is 0 Å². The Bertz CT molecular complexity index is 560. The summed E-state index contributed by atoms with van der Waals surface area (Å²) in [5, 5.41) is 0.335. The van der Waals surface area contributed by atoms with Gasteiger partial charge in [-0.2, -0.15) is 0 Å². The zero-order valence-corrected chi connectivity index (χ0v) is 10.1. The Hall–Kier alpha value is -1.74. The molecule has 0 aliphatic carbocycles. The third-order valence-electron chi connectivity index (χ3n) is 2.31. The molecule has 1 heterocycles. The van der Waals surface area contributed by atoms with E-state index in [1.54, 1.807) is 6.07 Å². The molecule has 0 fully saturated rings. The van der Waals surface area contributed by atoms with Gasteiger partial charge in [0.1, 0.15) is 10.9 Å². The van der Waals surface area contributed by atoms with Crippen molar-refractivity contribution in [3.63, 3.8) is 0 Å². The number of hydrogen-bond acceptors (Lipinski definition) is 2. The van der Waals surface area contributed by atoms with Crippen LogP contribution >= 0.6 is 11.6 Å². The third-order valence-corrected chi connectivity index (χ3v) is 2.51. The quantitative estimate of drug-likeness (QED) is 0.850. The van der Waals surface area contributed by atoms with Crippen LogP contribution in [0.1, 0.15) is 6.92 Å². The highest BCUT2D eigenvalue weighted by atomic mass is 35.5. The van der Waals surface area contributed by atoms with Crippen LogP contribution in [0.25, 0.3) is 11.1 Å². The van der Waals surface area contributed by atoms with E-state index < -0.39 is 0 Å². The molecule has 2 rings (SSSR count). The molecule has 0 atom stereocenters. The lowest BCUT2D eigenvalue weighted by atomic mass is 10.1. The highest BCUT2D eigenvalue weighted by Gasteiger charge is 2.01. The van der Waals surface area contributed by atoms with Crippen LogP contribution in [0.5, 0.6) is 5.75 Å². The molecule has 0 unspecified atom stereocenters. The second-order valence-corrected chi connectivity index (χ2v) is 3.95. The first-order valence-electron chi connectivity index (χ1n) is 5.32. The molecule has 1 aromatic heterocycles.